The summed E-state index contributed by atoms with van der Waals surface area (Å²) >= 11 is 10.4. The zero-order valence-electron chi connectivity index (χ0n) is 10.1. The van der Waals surface area contributed by atoms with Crippen LogP contribution >= 0.6 is 24.2 Å². The molecule has 0 aliphatic rings. The molecule has 0 aromatic heterocycles. The molecule has 16 heavy (non-hydrogen) atoms. The summed E-state index contributed by atoms with van der Waals surface area (Å²) in [5, 5.41) is 0.827. The number of halogens is 1. The van der Waals surface area contributed by atoms with Crippen LogP contribution in [-0.4, -0.2) is 12.4 Å². The molecule has 1 unspecified atom stereocenters. The van der Waals surface area contributed by atoms with E-state index in [9.17, 15) is 0 Å². The molecular formula is C13H19ClOS. The van der Waals surface area contributed by atoms with Gasteiger partial charge in [0, 0.05) is 10.9 Å². The van der Waals surface area contributed by atoms with Crippen LogP contribution in [0.25, 0.3) is 0 Å². The molecule has 0 saturated carbocycles. The topological polar surface area (TPSA) is 9.23 Å². The Hall–Kier alpha value is -0.340. The molecule has 1 aromatic carbocycles. The van der Waals surface area contributed by atoms with Gasteiger partial charge in [-0.2, -0.15) is 12.6 Å². The molecule has 0 saturated heterocycles. The highest BCUT2D eigenvalue weighted by Crippen LogP contribution is 2.26. The molecule has 0 N–H and O–H groups in total. The third-order valence-electron chi connectivity index (χ3n) is 2.73. The summed E-state index contributed by atoms with van der Waals surface area (Å²) in [6, 6.07) is 3.97. The van der Waals surface area contributed by atoms with Crippen molar-refractivity contribution >= 4 is 24.2 Å². The summed E-state index contributed by atoms with van der Waals surface area (Å²) in [7, 11) is 0. The second kappa shape index (κ2) is 6.41. The highest BCUT2D eigenvalue weighted by Gasteiger charge is 2.07. The lowest BCUT2D eigenvalue weighted by Crippen LogP contribution is -2.12. The summed E-state index contributed by atoms with van der Waals surface area (Å²) in [4.78, 5) is 0. The van der Waals surface area contributed by atoms with Crippen molar-refractivity contribution in [1.82, 2.24) is 0 Å². The van der Waals surface area contributed by atoms with Crippen molar-refractivity contribution in [2.75, 3.05) is 12.4 Å². The van der Waals surface area contributed by atoms with Crippen LogP contribution in [0.4, 0.5) is 0 Å². The van der Waals surface area contributed by atoms with Gasteiger partial charge in [0.25, 0.3) is 0 Å². The fourth-order valence-electron chi connectivity index (χ4n) is 1.50. The highest BCUT2D eigenvalue weighted by atomic mass is 35.5. The van der Waals surface area contributed by atoms with Crippen LogP contribution in [0, 0.1) is 19.8 Å². The first kappa shape index (κ1) is 13.7. The van der Waals surface area contributed by atoms with Crippen molar-refractivity contribution in [2.24, 2.45) is 5.92 Å². The van der Waals surface area contributed by atoms with Crippen molar-refractivity contribution in [3.8, 4) is 5.75 Å². The van der Waals surface area contributed by atoms with E-state index in [1.54, 1.807) is 0 Å². The molecule has 0 aliphatic heterocycles. The van der Waals surface area contributed by atoms with Gasteiger partial charge in [-0.1, -0.05) is 18.5 Å². The van der Waals surface area contributed by atoms with E-state index in [2.05, 4.69) is 19.6 Å². The summed E-state index contributed by atoms with van der Waals surface area (Å²) in [5.74, 6) is 2.28. The quantitative estimate of drug-likeness (QED) is 0.775. The standard InChI is InChI=1S/C13H19ClOS/c1-4-11(8-16)7-15-12-5-9(2)13(14)10(3)6-12/h5-6,11,16H,4,7-8H2,1-3H3. The number of ether oxygens (including phenoxy) is 1. The smallest absolute Gasteiger partial charge is 0.119 e. The lowest BCUT2D eigenvalue weighted by Gasteiger charge is -2.14. The maximum absolute atomic E-state index is 6.10. The summed E-state index contributed by atoms with van der Waals surface area (Å²) < 4.78 is 5.76. The van der Waals surface area contributed by atoms with E-state index in [1.807, 2.05) is 26.0 Å². The van der Waals surface area contributed by atoms with Crippen molar-refractivity contribution in [3.05, 3.63) is 28.3 Å². The summed E-state index contributed by atoms with van der Waals surface area (Å²) in [5.41, 5.74) is 2.13. The fourth-order valence-corrected chi connectivity index (χ4v) is 1.98. The van der Waals surface area contributed by atoms with Gasteiger partial charge in [-0.05, 0) is 49.3 Å². The Morgan fingerprint density at radius 1 is 1.31 bits per heavy atom. The number of rotatable bonds is 5. The lowest BCUT2D eigenvalue weighted by atomic mass is 10.1. The molecule has 0 amide bonds. The normalized spacial score (nSPS) is 12.6. The Balaban J connectivity index is 2.68. The number of hydrogen-bond donors (Lipinski definition) is 1. The van der Waals surface area contributed by atoms with Gasteiger partial charge in [0.15, 0.2) is 0 Å². The van der Waals surface area contributed by atoms with Crippen LogP contribution in [0.5, 0.6) is 5.75 Å². The van der Waals surface area contributed by atoms with Crippen LogP contribution in [0.1, 0.15) is 24.5 Å². The molecule has 0 radical (unpaired) electrons. The molecule has 0 spiro atoms. The number of hydrogen-bond acceptors (Lipinski definition) is 2. The minimum Gasteiger partial charge on any atom is -0.493 e. The van der Waals surface area contributed by atoms with E-state index in [-0.39, 0.29) is 0 Å². The van der Waals surface area contributed by atoms with Crippen LogP contribution < -0.4 is 4.74 Å². The second-order valence-corrected chi connectivity index (χ2v) is 4.88. The van der Waals surface area contributed by atoms with E-state index in [0.717, 1.165) is 40.7 Å². The van der Waals surface area contributed by atoms with E-state index < -0.39 is 0 Å². The Morgan fingerprint density at radius 2 is 1.88 bits per heavy atom. The molecule has 0 fully saturated rings. The molecule has 1 nitrogen and oxygen atoms in total. The SMILES string of the molecule is CCC(CS)COc1cc(C)c(Cl)c(C)c1. The average molecular weight is 259 g/mol. The minimum atomic E-state index is 0.514. The Kier molecular flexibility index (Phi) is 5.50. The van der Waals surface area contributed by atoms with Gasteiger partial charge in [0.05, 0.1) is 6.61 Å². The molecular weight excluding hydrogens is 240 g/mol. The Bertz CT molecular complexity index is 325. The van der Waals surface area contributed by atoms with Gasteiger partial charge in [-0.3, -0.25) is 0 Å². The monoisotopic (exact) mass is 258 g/mol. The maximum atomic E-state index is 6.10. The van der Waals surface area contributed by atoms with E-state index in [0.29, 0.717) is 5.92 Å². The summed E-state index contributed by atoms with van der Waals surface area (Å²) in [6.07, 6.45) is 1.09. The van der Waals surface area contributed by atoms with Crippen molar-refractivity contribution in [1.29, 1.82) is 0 Å². The first-order valence-electron chi connectivity index (χ1n) is 5.58. The van der Waals surface area contributed by atoms with E-state index in [4.69, 9.17) is 16.3 Å². The molecule has 1 atom stereocenters. The van der Waals surface area contributed by atoms with Crippen LogP contribution in [-0.2, 0) is 0 Å². The first-order chi connectivity index (χ1) is 7.58. The van der Waals surface area contributed by atoms with Crippen LogP contribution in [0.15, 0.2) is 12.1 Å². The van der Waals surface area contributed by atoms with Gasteiger partial charge in [-0.15, -0.1) is 0 Å². The second-order valence-electron chi connectivity index (χ2n) is 4.14. The van der Waals surface area contributed by atoms with Crippen LogP contribution in [0.2, 0.25) is 5.02 Å². The number of aryl methyl sites for hydroxylation is 2. The third-order valence-corrected chi connectivity index (χ3v) is 3.84. The molecule has 0 aliphatic carbocycles. The zero-order valence-corrected chi connectivity index (χ0v) is 11.7. The highest BCUT2D eigenvalue weighted by molar-refractivity contribution is 7.80. The first-order valence-corrected chi connectivity index (χ1v) is 6.59. The largest absolute Gasteiger partial charge is 0.493 e. The molecule has 90 valence electrons. The minimum absolute atomic E-state index is 0.514. The van der Waals surface area contributed by atoms with Crippen LogP contribution in [0.3, 0.4) is 0 Å². The predicted octanol–water partition coefficient (Wildman–Crippen LogP) is 4.29. The van der Waals surface area contributed by atoms with E-state index >= 15 is 0 Å². The zero-order chi connectivity index (χ0) is 12.1. The van der Waals surface area contributed by atoms with Gasteiger partial charge in [0.1, 0.15) is 5.75 Å². The molecule has 1 aromatic rings. The third kappa shape index (κ3) is 3.60. The van der Waals surface area contributed by atoms with Crippen molar-refractivity contribution in [2.45, 2.75) is 27.2 Å². The Morgan fingerprint density at radius 3 is 2.31 bits per heavy atom. The van der Waals surface area contributed by atoms with Gasteiger partial charge < -0.3 is 4.74 Å². The molecule has 0 bridgehead atoms. The molecule has 3 heteroatoms. The van der Waals surface area contributed by atoms with Gasteiger partial charge >= 0.3 is 0 Å². The maximum Gasteiger partial charge on any atom is 0.119 e. The van der Waals surface area contributed by atoms with Gasteiger partial charge in [-0.25, -0.2) is 0 Å². The van der Waals surface area contributed by atoms with E-state index in [1.165, 1.54) is 0 Å². The predicted molar refractivity (Wildman–Crippen MR) is 74.1 cm³/mol. The number of benzene rings is 1. The summed E-state index contributed by atoms with van der Waals surface area (Å²) in [6.45, 7) is 6.87. The molecule has 0 heterocycles. The lowest BCUT2D eigenvalue weighted by molar-refractivity contribution is 0.259. The van der Waals surface area contributed by atoms with Gasteiger partial charge in [0.2, 0.25) is 0 Å². The Labute approximate surface area is 109 Å². The average Bonchev–Trinajstić information content (AvgIpc) is 2.27. The fraction of sp³-hybridized carbons (Fsp3) is 0.538. The number of thiol groups is 1. The molecule has 1 rings (SSSR count). The van der Waals surface area contributed by atoms with Crippen molar-refractivity contribution in [3.63, 3.8) is 0 Å². The van der Waals surface area contributed by atoms with Crippen molar-refractivity contribution < 1.29 is 4.74 Å².